The van der Waals surface area contributed by atoms with Crippen LogP contribution in [0.5, 0.6) is 5.75 Å². The van der Waals surface area contributed by atoms with Gasteiger partial charge in [-0.15, -0.1) is 12.4 Å². The van der Waals surface area contributed by atoms with E-state index in [0.29, 0.717) is 24.7 Å². The summed E-state index contributed by atoms with van der Waals surface area (Å²) < 4.78 is 28.4. The average Bonchev–Trinajstić information content (AvgIpc) is 2.60. The third kappa shape index (κ3) is 7.13. The Kier molecular flexibility index (Phi) is 9.39. The second-order valence-electron chi connectivity index (χ2n) is 6.56. The summed E-state index contributed by atoms with van der Waals surface area (Å²) in [5.41, 5.74) is 0. The lowest BCUT2D eigenvalue weighted by Crippen LogP contribution is -2.39. The SMILES string of the molecule is CNCCC1CCN(C(=O)CCOc2ccc(S(C)(=O)=O)cc2)CC1.Cl. The molecular weight excluding hydrogens is 376 g/mol. The number of sulfone groups is 1. The first-order chi connectivity index (χ1) is 11.9. The van der Waals surface area contributed by atoms with Crippen LogP contribution in [0.15, 0.2) is 29.2 Å². The van der Waals surface area contributed by atoms with Crippen LogP contribution in [-0.2, 0) is 14.6 Å². The zero-order chi connectivity index (χ0) is 18.3. The highest BCUT2D eigenvalue weighted by molar-refractivity contribution is 7.90. The largest absolute Gasteiger partial charge is 0.493 e. The molecule has 1 aromatic rings. The van der Waals surface area contributed by atoms with Crippen LogP contribution in [0.1, 0.15) is 25.7 Å². The number of benzene rings is 1. The number of carbonyl (C=O) groups excluding carboxylic acids is 1. The minimum atomic E-state index is -3.20. The molecule has 6 nitrogen and oxygen atoms in total. The third-order valence-electron chi connectivity index (χ3n) is 4.61. The Balaban J connectivity index is 0.00000338. The van der Waals surface area contributed by atoms with Gasteiger partial charge in [0.25, 0.3) is 0 Å². The molecular formula is C18H29ClN2O4S. The summed E-state index contributed by atoms with van der Waals surface area (Å²) in [4.78, 5) is 14.4. The summed E-state index contributed by atoms with van der Waals surface area (Å²) in [6, 6.07) is 6.27. The van der Waals surface area contributed by atoms with Crippen molar-refractivity contribution in [2.24, 2.45) is 5.92 Å². The Morgan fingerprint density at radius 3 is 2.38 bits per heavy atom. The number of amides is 1. The first kappa shape index (κ1) is 22.7. The van der Waals surface area contributed by atoms with Crippen molar-refractivity contribution < 1.29 is 17.9 Å². The Morgan fingerprint density at radius 1 is 1.23 bits per heavy atom. The van der Waals surface area contributed by atoms with Crippen molar-refractivity contribution in [3.05, 3.63) is 24.3 Å². The Hall–Kier alpha value is -1.31. The summed E-state index contributed by atoms with van der Waals surface area (Å²) in [5, 5.41) is 3.17. The lowest BCUT2D eigenvalue weighted by molar-refractivity contribution is -0.133. The number of rotatable bonds is 8. The van der Waals surface area contributed by atoms with Crippen LogP contribution in [0, 0.1) is 5.92 Å². The van der Waals surface area contributed by atoms with Crippen molar-refractivity contribution in [2.45, 2.75) is 30.6 Å². The van der Waals surface area contributed by atoms with E-state index in [-0.39, 0.29) is 23.2 Å². The lowest BCUT2D eigenvalue weighted by Gasteiger charge is -2.32. The molecule has 8 heteroatoms. The number of likely N-dealkylation sites (tertiary alicyclic amines) is 1. The van der Waals surface area contributed by atoms with Gasteiger partial charge in [-0.3, -0.25) is 4.79 Å². The van der Waals surface area contributed by atoms with Gasteiger partial charge in [-0.25, -0.2) is 8.42 Å². The molecule has 148 valence electrons. The minimum Gasteiger partial charge on any atom is -0.493 e. The van der Waals surface area contributed by atoms with Crippen molar-refractivity contribution in [1.82, 2.24) is 10.2 Å². The smallest absolute Gasteiger partial charge is 0.225 e. The van der Waals surface area contributed by atoms with Crippen LogP contribution in [0.2, 0.25) is 0 Å². The van der Waals surface area contributed by atoms with Crippen molar-refractivity contribution >= 4 is 28.2 Å². The molecule has 1 saturated heterocycles. The topological polar surface area (TPSA) is 75.7 Å². The summed E-state index contributed by atoms with van der Waals surface area (Å²) in [5.74, 6) is 1.41. The molecule has 0 unspecified atom stereocenters. The van der Waals surface area contributed by atoms with Gasteiger partial charge in [-0.2, -0.15) is 0 Å². The van der Waals surface area contributed by atoms with E-state index in [4.69, 9.17) is 4.74 Å². The molecule has 0 radical (unpaired) electrons. The molecule has 1 aliphatic heterocycles. The quantitative estimate of drug-likeness (QED) is 0.718. The number of hydrogen-bond donors (Lipinski definition) is 1. The molecule has 0 saturated carbocycles. The molecule has 0 spiro atoms. The molecule has 26 heavy (non-hydrogen) atoms. The second kappa shape index (κ2) is 10.7. The molecule has 1 heterocycles. The van der Waals surface area contributed by atoms with Crippen molar-refractivity contribution in [2.75, 3.05) is 39.5 Å². The Labute approximate surface area is 162 Å². The summed E-state index contributed by atoms with van der Waals surface area (Å²) >= 11 is 0. The fraction of sp³-hybridized carbons (Fsp3) is 0.611. The van der Waals surface area contributed by atoms with E-state index in [1.807, 2.05) is 11.9 Å². The van der Waals surface area contributed by atoms with Crippen LogP contribution in [0.25, 0.3) is 0 Å². The lowest BCUT2D eigenvalue weighted by atomic mass is 9.93. The van der Waals surface area contributed by atoms with Crippen LogP contribution in [0.4, 0.5) is 0 Å². The van der Waals surface area contributed by atoms with E-state index in [9.17, 15) is 13.2 Å². The average molecular weight is 405 g/mol. The normalized spacial score (nSPS) is 15.4. The van der Waals surface area contributed by atoms with Crippen LogP contribution < -0.4 is 10.1 Å². The maximum absolute atomic E-state index is 12.2. The molecule has 1 N–H and O–H groups in total. The van der Waals surface area contributed by atoms with Crippen molar-refractivity contribution in [3.8, 4) is 5.75 Å². The van der Waals surface area contributed by atoms with E-state index in [2.05, 4.69) is 5.32 Å². The van der Waals surface area contributed by atoms with E-state index in [0.717, 1.165) is 32.5 Å². The predicted molar refractivity (Wildman–Crippen MR) is 105 cm³/mol. The number of hydrogen-bond acceptors (Lipinski definition) is 5. The number of nitrogens with one attached hydrogen (secondary N) is 1. The number of carbonyl (C=O) groups is 1. The highest BCUT2D eigenvalue weighted by Crippen LogP contribution is 2.21. The van der Waals surface area contributed by atoms with Gasteiger partial charge < -0.3 is 15.0 Å². The maximum Gasteiger partial charge on any atom is 0.225 e. The van der Waals surface area contributed by atoms with Crippen LogP contribution in [0.3, 0.4) is 0 Å². The fourth-order valence-corrected chi connectivity index (χ4v) is 3.65. The van der Waals surface area contributed by atoms with Gasteiger partial charge in [-0.1, -0.05) is 0 Å². The zero-order valence-corrected chi connectivity index (χ0v) is 17.1. The Morgan fingerprint density at radius 2 is 1.85 bits per heavy atom. The second-order valence-corrected chi connectivity index (χ2v) is 8.57. The highest BCUT2D eigenvalue weighted by atomic mass is 35.5. The van der Waals surface area contributed by atoms with E-state index >= 15 is 0 Å². The van der Waals surface area contributed by atoms with Gasteiger partial charge >= 0.3 is 0 Å². The summed E-state index contributed by atoms with van der Waals surface area (Å²) in [6.07, 6.45) is 4.83. The van der Waals surface area contributed by atoms with E-state index in [1.54, 1.807) is 12.1 Å². The molecule has 0 atom stereocenters. The van der Waals surface area contributed by atoms with E-state index in [1.165, 1.54) is 24.8 Å². The number of halogens is 1. The van der Waals surface area contributed by atoms with Crippen LogP contribution in [-0.4, -0.2) is 58.8 Å². The summed E-state index contributed by atoms with van der Waals surface area (Å²) in [7, 11) is -1.23. The van der Waals surface area contributed by atoms with Gasteiger partial charge in [0, 0.05) is 19.3 Å². The minimum absolute atomic E-state index is 0. The summed E-state index contributed by atoms with van der Waals surface area (Å²) in [6.45, 7) is 2.99. The van der Waals surface area contributed by atoms with E-state index < -0.39 is 9.84 Å². The van der Waals surface area contributed by atoms with Gasteiger partial charge in [0.05, 0.1) is 17.9 Å². The van der Waals surface area contributed by atoms with Gasteiger partial charge in [-0.05, 0) is 63.0 Å². The first-order valence-electron chi connectivity index (χ1n) is 8.75. The predicted octanol–water partition coefficient (Wildman–Crippen LogP) is 2.13. The first-order valence-corrected chi connectivity index (χ1v) is 10.6. The monoisotopic (exact) mass is 404 g/mol. The molecule has 0 aromatic heterocycles. The molecule has 0 bridgehead atoms. The van der Waals surface area contributed by atoms with Crippen molar-refractivity contribution in [3.63, 3.8) is 0 Å². The van der Waals surface area contributed by atoms with Gasteiger partial charge in [0.15, 0.2) is 9.84 Å². The Bertz CT molecular complexity index is 656. The molecule has 0 aliphatic carbocycles. The molecule has 1 fully saturated rings. The number of ether oxygens (including phenoxy) is 1. The maximum atomic E-state index is 12.2. The highest BCUT2D eigenvalue weighted by Gasteiger charge is 2.22. The molecule has 2 rings (SSSR count). The van der Waals surface area contributed by atoms with Crippen molar-refractivity contribution in [1.29, 1.82) is 0 Å². The fourth-order valence-electron chi connectivity index (χ4n) is 3.02. The van der Waals surface area contributed by atoms with Crippen LogP contribution >= 0.6 is 12.4 Å². The molecule has 1 amide bonds. The number of nitrogens with zero attached hydrogens (tertiary/aromatic N) is 1. The zero-order valence-electron chi connectivity index (χ0n) is 15.4. The number of piperidine rings is 1. The van der Waals surface area contributed by atoms with Gasteiger partial charge in [0.2, 0.25) is 5.91 Å². The van der Waals surface area contributed by atoms with Gasteiger partial charge in [0.1, 0.15) is 5.75 Å². The molecule has 1 aliphatic rings. The molecule has 1 aromatic carbocycles. The standard InChI is InChI=1S/C18H28N2O4S.ClH/c1-19-11-7-15-8-12-20(13-9-15)18(21)10-14-24-16-3-5-17(6-4-16)25(2,22)23;/h3-6,15,19H,7-14H2,1-2H3;1H. The third-order valence-corrected chi connectivity index (χ3v) is 5.73.